The van der Waals surface area contributed by atoms with Crippen molar-refractivity contribution in [2.45, 2.75) is 44.4 Å². The van der Waals surface area contributed by atoms with E-state index >= 15 is 0 Å². The highest BCUT2D eigenvalue weighted by atomic mass is 16.4. The molecule has 1 unspecified atom stereocenters. The molecule has 0 saturated heterocycles. The Kier molecular flexibility index (Phi) is 3.50. The van der Waals surface area contributed by atoms with E-state index < -0.39 is 0 Å². The van der Waals surface area contributed by atoms with Gasteiger partial charge in [0.25, 0.3) is 0 Å². The molecule has 0 aromatic carbocycles. The highest BCUT2D eigenvalue weighted by Crippen LogP contribution is 2.20. The largest absolute Gasteiger partial charge is 0.409 e. The highest BCUT2D eigenvalue weighted by Gasteiger charge is 2.27. The van der Waals surface area contributed by atoms with Crippen LogP contribution in [0.1, 0.15) is 26.2 Å². The summed E-state index contributed by atoms with van der Waals surface area (Å²) >= 11 is 0. The Bertz CT molecular complexity index is 190. The van der Waals surface area contributed by atoms with Gasteiger partial charge in [0, 0.05) is 18.5 Å². The lowest BCUT2D eigenvalue weighted by Crippen LogP contribution is -2.48. The SMILES string of the molecule is CC(CC(N)=NO)NC1CC(O)C1. The van der Waals surface area contributed by atoms with Crippen molar-refractivity contribution >= 4 is 5.84 Å². The van der Waals surface area contributed by atoms with Gasteiger partial charge in [-0.2, -0.15) is 0 Å². The van der Waals surface area contributed by atoms with Crippen molar-refractivity contribution in [3.63, 3.8) is 0 Å². The van der Waals surface area contributed by atoms with Gasteiger partial charge >= 0.3 is 0 Å². The Morgan fingerprint density at radius 3 is 2.77 bits per heavy atom. The Balaban J connectivity index is 2.14. The summed E-state index contributed by atoms with van der Waals surface area (Å²) in [6.45, 7) is 1.97. The molecule has 5 heteroatoms. The summed E-state index contributed by atoms with van der Waals surface area (Å²) in [4.78, 5) is 0. The number of aliphatic hydroxyl groups is 1. The lowest BCUT2D eigenvalue weighted by molar-refractivity contribution is 0.0589. The molecule has 5 N–H and O–H groups in total. The van der Waals surface area contributed by atoms with Crippen LogP contribution in [0.5, 0.6) is 0 Å². The first-order chi connectivity index (χ1) is 6.11. The zero-order valence-electron chi connectivity index (χ0n) is 7.77. The number of nitrogens with zero attached hydrogens (tertiary/aromatic N) is 1. The molecule has 1 atom stereocenters. The highest BCUT2D eigenvalue weighted by molar-refractivity contribution is 5.80. The smallest absolute Gasteiger partial charge is 0.140 e. The van der Waals surface area contributed by atoms with Crippen LogP contribution in [0.3, 0.4) is 0 Å². The van der Waals surface area contributed by atoms with Gasteiger partial charge in [0.1, 0.15) is 5.84 Å². The van der Waals surface area contributed by atoms with Gasteiger partial charge in [0.05, 0.1) is 6.10 Å². The maximum absolute atomic E-state index is 9.03. The number of nitrogens with one attached hydrogen (secondary N) is 1. The molecule has 1 aliphatic rings. The zero-order valence-corrected chi connectivity index (χ0v) is 7.77. The standard InChI is InChI=1S/C8H17N3O2/c1-5(2-8(9)11-13)10-6-3-7(12)4-6/h5-7,10,12-13H,2-4H2,1H3,(H2,9,11). The number of hydrogen-bond acceptors (Lipinski definition) is 4. The summed E-state index contributed by atoms with van der Waals surface area (Å²) in [6, 6.07) is 0.574. The molecule has 0 spiro atoms. The third-order valence-electron chi connectivity index (χ3n) is 2.28. The van der Waals surface area contributed by atoms with Crippen molar-refractivity contribution in [3.8, 4) is 0 Å². The molecule has 0 aromatic heterocycles. The average Bonchev–Trinajstić information content (AvgIpc) is 2.01. The summed E-state index contributed by atoms with van der Waals surface area (Å²) < 4.78 is 0. The van der Waals surface area contributed by atoms with E-state index in [0.29, 0.717) is 12.5 Å². The van der Waals surface area contributed by atoms with Crippen molar-refractivity contribution in [1.82, 2.24) is 5.32 Å². The topological polar surface area (TPSA) is 90.9 Å². The van der Waals surface area contributed by atoms with Crippen LogP contribution in [-0.2, 0) is 0 Å². The second-order valence-corrected chi connectivity index (χ2v) is 3.69. The van der Waals surface area contributed by atoms with E-state index in [2.05, 4.69) is 10.5 Å². The van der Waals surface area contributed by atoms with Gasteiger partial charge in [0.2, 0.25) is 0 Å². The predicted octanol–water partition coefficient (Wildman–Crippen LogP) is -0.376. The zero-order chi connectivity index (χ0) is 9.84. The van der Waals surface area contributed by atoms with Crippen molar-refractivity contribution in [2.75, 3.05) is 0 Å². The molecule has 0 heterocycles. The Morgan fingerprint density at radius 2 is 2.31 bits per heavy atom. The van der Waals surface area contributed by atoms with E-state index in [1.807, 2.05) is 6.92 Å². The molecule has 0 aromatic rings. The minimum Gasteiger partial charge on any atom is -0.409 e. The third-order valence-corrected chi connectivity index (χ3v) is 2.28. The van der Waals surface area contributed by atoms with Gasteiger partial charge in [-0.3, -0.25) is 0 Å². The van der Waals surface area contributed by atoms with E-state index in [9.17, 15) is 0 Å². The fraction of sp³-hybridized carbons (Fsp3) is 0.875. The summed E-state index contributed by atoms with van der Waals surface area (Å²) in [5.41, 5.74) is 5.35. The van der Waals surface area contributed by atoms with Crippen molar-refractivity contribution in [2.24, 2.45) is 10.9 Å². The Labute approximate surface area is 77.6 Å². The first kappa shape index (κ1) is 10.3. The molecule has 13 heavy (non-hydrogen) atoms. The average molecular weight is 187 g/mol. The molecule has 0 amide bonds. The van der Waals surface area contributed by atoms with Gasteiger partial charge < -0.3 is 21.4 Å². The molecule has 0 aliphatic heterocycles. The molecular formula is C8H17N3O2. The van der Waals surface area contributed by atoms with Crippen LogP contribution in [0, 0.1) is 0 Å². The fourth-order valence-corrected chi connectivity index (χ4v) is 1.54. The second-order valence-electron chi connectivity index (χ2n) is 3.69. The number of amidine groups is 1. The summed E-state index contributed by atoms with van der Waals surface area (Å²) in [5, 5.41) is 23.5. The summed E-state index contributed by atoms with van der Waals surface area (Å²) in [6.07, 6.45) is 2.00. The van der Waals surface area contributed by atoms with E-state index in [1.165, 1.54) is 0 Å². The van der Waals surface area contributed by atoms with Gasteiger partial charge in [-0.1, -0.05) is 5.16 Å². The van der Waals surface area contributed by atoms with Crippen LogP contribution in [0.15, 0.2) is 5.16 Å². The number of rotatable bonds is 4. The first-order valence-corrected chi connectivity index (χ1v) is 4.52. The van der Waals surface area contributed by atoms with E-state index in [4.69, 9.17) is 16.0 Å². The maximum atomic E-state index is 9.03. The molecule has 1 rings (SSSR count). The van der Waals surface area contributed by atoms with Crippen LogP contribution in [0.4, 0.5) is 0 Å². The lowest BCUT2D eigenvalue weighted by atomic mass is 9.89. The van der Waals surface area contributed by atoms with Gasteiger partial charge in [0.15, 0.2) is 0 Å². The molecule has 1 fully saturated rings. The van der Waals surface area contributed by atoms with E-state index in [1.54, 1.807) is 0 Å². The van der Waals surface area contributed by atoms with Crippen molar-refractivity contribution in [3.05, 3.63) is 0 Å². The molecular weight excluding hydrogens is 170 g/mol. The number of aliphatic hydroxyl groups excluding tert-OH is 1. The Morgan fingerprint density at radius 1 is 1.69 bits per heavy atom. The Hall–Kier alpha value is -0.810. The molecule has 5 nitrogen and oxygen atoms in total. The van der Waals surface area contributed by atoms with E-state index in [-0.39, 0.29) is 18.0 Å². The number of hydrogen-bond donors (Lipinski definition) is 4. The third kappa shape index (κ3) is 3.20. The monoisotopic (exact) mass is 187 g/mol. The summed E-state index contributed by atoms with van der Waals surface area (Å²) in [7, 11) is 0. The van der Waals surface area contributed by atoms with Gasteiger partial charge in [-0.05, 0) is 19.8 Å². The van der Waals surface area contributed by atoms with Crippen molar-refractivity contribution in [1.29, 1.82) is 0 Å². The number of oxime groups is 1. The second kappa shape index (κ2) is 4.43. The fourth-order valence-electron chi connectivity index (χ4n) is 1.54. The van der Waals surface area contributed by atoms with Gasteiger partial charge in [-0.15, -0.1) is 0 Å². The van der Waals surface area contributed by atoms with Crippen LogP contribution in [0.2, 0.25) is 0 Å². The molecule has 0 radical (unpaired) electrons. The molecule has 1 saturated carbocycles. The van der Waals surface area contributed by atoms with Gasteiger partial charge in [-0.25, -0.2) is 0 Å². The predicted molar refractivity (Wildman–Crippen MR) is 49.7 cm³/mol. The lowest BCUT2D eigenvalue weighted by Gasteiger charge is -2.34. The molecule has 76 valence electrons. The van der Waals surface area contributed by atoms with Crippen LogP contribution >= 0.6 is 0 Å². The van der Waals surface area contributed by atoms with Crippen LogP contribution in [0.25, 0.3) is 0 Å². The van der Waals surface area contributed by atoms with E-state index in [0.717, 1.165) is 12.8 Å². The first-order valence-electron chi connectivity index (χ1n) is 4.52. The maximum Gasteiger partial charge on any atom is 0.140 e. The summed E-state index contributed by atoms with van der Waals surface area (Å²) in [5.74, 6) is 0.236. The molecule has 0 bridgehead atoms. The van der Waals surface area contributed by atoms with Crippen molar-refractivity contribution < 1.29 is 10.3 Å². The van der Waals surface area contributed by atoms with Crippen LogP contribution in [-0.4, -0.2) is 34.3 Å². The minimum atomic E-state index is -0.145. The minimum absolute atomic E-state index is 0.145. The van der Waals surface area contributed by atoms with Crippen LogP contribution < -0.4 is 11.1 Å². The quantitative estimate of drug-likeness (QED) is 0.209. The molecule has 1 aliphatic carbocycles. The normalized spacial score (nSPS) is 31.1. The number of nitrogens with two attached hydrogens (primary N) is 1.